The Morgan fingerprint density at radius 3 is 2.92 bits per heavy atom. The van der Waals surface area contributed by atoms with Crippen molar-refractivity contribution in [1.29, 1.82) is 0 Å². The fraction of sp³-hybridized carbons (Fsp3) is 0.333. The lowest BCUT2D eigenvalue weighted by Gasteiger charge is -2.17. The Morgan fingerprint density at radius 1 is 1.33 bits per heavy atom. The van der Waals surface area contributed by atoms with Crippen molar-refractivity contribution in [2.75, 3.05) is 13.1 Å². The van der Waals surface area contributed by atoms with E-state index in [9.17, 15) is 8.42 Å². The van der Waals surface area contributed by atoms with Gasteiger partial charge in [-0.1, -0.05) is 11.6 Å². The molecule has 0 radical (unpaired) electrons. The van der Waals surface area contributed by atoms with Gasteiger partial charge in [-0.15, -0.1) is 11.3 Å². The van der Waals surface area contributed by atoms with Crippen molar-refractivity contribution in [3.63, 3.8) is 0 Å². The van der Waals surface area contributed by atoms with Gasteiger partial charge in [0.15, 0.2) is 5.65 Å². The molecule has 0 aromatic carbocycles. The van der Waals surface area contributed by atoms with Gasteiger partial charge >= 0.3 is 0 Å². The molecule has 126 valence electrons. The van der Waals surface area contributed by atoms with Crippen LogP contribution in [0.4, 0.5) is 0 Å². The van der Waals surface area contributed by atoms with Gasteiger partial charge in [0.05, 0.1) is 10.4 Å². The summed E-state index contributed by atoms with van der Waals surface area (Å²) in [5.41, 5.74) is 1.64. The number of nitrogens with zero attached hydrogens (tertiary/aromatic N) is 4. The van der Waals surface area contributed by atoms with Crippen LogP contribution >= 0.6 is 22.9 Å². The molecule has 4 heterocycles. The topological polar surface area (TPSA) is 68.1 Å². The fourth-order valence-electron chi connectivity index (χ4n) is 3.18. The van der Waals surface area contributed by atoms with Crippen LogP contribution in [0.15, 0.2) is 34.7 Å². The Morgan fingerprint density at radius 2 is 2.17 bits per heavy atom. The number of thiophene rings is 1. The molecule has 9 heteroatoms. The largest absolute Gasteiger partial charge is 0.308 e. The second kappa shape index (κ2) is 5.80. The van der Waals surface area contributed by atoms with Crippen molar-refractivity contribution in [3.05, 3.63) is 40.6 Å². The van der Waals surface area contributed by atoms with E-state index in [1.54, 1.807) is 18.3 Å². The highest BCUT2D eigenvalue weighted by Gasteiger charge is 2.35. The monoisotopic (exact) mass is 382 g/mol. The number of hydrogen-bond donors (Lipinski definition) is 0. The summed E-state index contributed by atoms with van der Waals surface area (Å²) in [6.45, 7) is 2.83. The first-order valence-corrected chi connectivity index (χ1v) is 10.2. The predicted octanol–water partition coefficient (Wildman–Crippen LogP) is 3.09. The third-order valence-corrected chi connectivity index (χ3v) is 7.82. The van der Waals surface area contributed by atoms with Crippen molar-refractivity contribution in [2.45, 2.75) is 23.6 Å². The van der Waals surface area contributed by atoms with Gasteiger partial charge in [-0.25, -0.2) is 18.4 Å². The Balaban J connectivity index is 1.66. The zero-order valence-electron chi connectivity index (χ0n) is 12.9. The molecule has 0 amide bonds. The molecule has 1 atom stereocenters. The van der Waals surface area contributed by atoms with E-state index in [2.05, 4.69) is 9.97 Å². The number of pyridine rings is 1. The molecule has 3 aromatic rings. The number of aromatic nitrogens is 3. The fourth-order valence-corrected chi connectivity index (χ4v) is 6.31. The number of aryl methyl sites for hydroxylation is 1. The molecular weight excluding hydrogens is 368 g/mol. The van der Waals surface area contributed by atoms with Crippen LogP contribution in [0.2, 0.25) is 4.34 Å². The SMILES string of the molecule is Cc1nc2cccnc2n1[C@H]1CCN(S(=O)(=O)c2ccc(Cl)s2)C1. The highest BCUT2D eigenvalue weighted by atomic mass is 35.5. The normalized spacial score (nSPS) is 19.3. The minimum absolute atomic E-state index is 0.0371. The van der Waals surface area contributed by atoms with Crippen LogP contribution in [0.5, 0.6) is 0 Å². The van der Waals surface area contributed by atoms with Crippen LogP contribution in [0.25, 0.3) is 11.2 Å². The van der Waals surface area contributed by atoms with Crippen LogP contribution in [0.3, 0.4) is 0 Å². The van der Waals surface area contributed by atoms with Gasteiger partial charge in [-0.2, -0.15) is 4.31 Å². The van der Waals surface area contributed by atoms with Crippen molar-refractivity contribution < 1.29 is 8.42 Å². The lowest BCUT2D eigenvalue weighted by molar-refractivity contribution is 0.453. The molecule has 1 fully saturated rings. The van der Waals surface area contributed by atoms with Gasteiger partial charge in [-0.3, -0.25) is 0 Å². The molecule has 4 rings (SSSR count). The summed E-state index contributed by atoms with van der Waals surface area (Å²) in [6, 6.07) is 6.99. The van der Waals surface area contributed by atoms with Crippen molar-refractivity contribution in [3.8, 4) is 0 Å². The van der Waals surface area contributed by atoms with Gasteiger partial charge in [0.2, 0.25) is 0 Å². The first kappa shape index (κ1) is 16.0. The lowest BCUT2D eigenvalue weighted by Crippen LogP contribution is -2.28. The van der Waals surface area contributed by atoms with Gasteiger partial charge in [0.1, 0.15) is 15.6 Å². The summed E-state index contributed by atoms with van der Waals surface area (Å²) in [7, 11) is -3.49. The Hall–Kier alpha value is -1.48. The molecule has 1 aliphatic rings. The first-order valence-electron chi connectivity index (χ1n) is 7.52. The summed E-state index contributed by atoms with van der Waals surface area (Å²) >= 11 is 6.97. The molecule has 24 heavy (non-hydrogen) atoms. The van der Waals surface area contributed by atoms with Gasteiger partial charge in [0, 0.05) is 19.3 Å². The van der Waals surface area contributed by atoms with Crippen LogP contribution in [-0.2, 0) is 10.0 Å². The molecular formula is C15H15ClN4O2S2. The number of sulfonamides is 1. The summed E-state index contributed by atoms with van der Waals surface area (Å²) in [4.78, 5) is 8.94. The third-order valence-electron chi connectivity index (χ3n) is 4.26. The van der Waals surface area contributed by atoms with Crippen LogP contribution in [-0.4, -0.2) is 40.3 Å². The quantitative estimate of drug-likeness (QED) is 0.698. The predicted molar refractivity (Wildman–Crippen MR) is 94.0 cm³/mol. The van der Waals surface area contributed by atoms with E-state index in [4.69, 9.17) is 11.6 Å². The summed E-state index contributed by atoms with van der Waals surface area (Å²) < 4.78 is 29.8. The number of hydrogen-bond acceptors (Lipinski definition) is 5. The summed E-state index contributed by atoms with van der Waals surface area (Å²) in [6.07, 6.45) is 2.47. The van der Waals surface area contributed by atoms with Crippen molar-refractivity contribution in [2.24, 2.45) is 0 Å². The van der Waals surface area contributed by atoms with E-state index in [-0.39, 0.29) is 6.04 Å². The minimum Gasteiger partial charge on any atom is -0.308 e. The van der Waals surface area contributed by atoms with E-state index < -0.39 is 10.0 Å². The average molecular weight is 383 g/mol. The summed E-state index contributed by atoms with van der Waals surface area (Å²) in [5, 5.41) is 0. The van der Waals surface area contributed by atoms with Crippen LogP contribution in [0, 0.1) is 6.92 Å². The number of imidazole rings is 1. The second-order valence-electron chi connectivity index (χ2n) is 5.74. The third kappa shape index (κ3) is 2.54. The highest BCUT2D eigenvalue weighted by Crippen LogP contribution is 2.33. The Labute approximate surface area is 148 Å². The standard InChI is InChI=1S/C15H15ClN4O2S2/c1-10-18-12-3-2-7-17-15(12)20(10)11-6-8-19(9-11)24(21,22)14-5-4-13(16)23-14/h2-5,7,11H,6,8-9H2,1H3/t11-/m0/s1. The molecule has 0 unspecified atom stereocenters. The Bertz CT molecular complexity index is 1010. The van der Waals surface area contributed by atoms with Crippen molar-refractivity contribution in [1.82, 2.24) is 18.8 Å². The number of fused-ring (bicyclic) bond motifs is 1. The zero-order chi connectivity index (χ0) is 16.9. The maximum absolute atomic E-state index is 12.7. The average Bonchev–Trinajstić information content (AvgIpc) is 3.24. The van der Waals surface area contributed by atoms with E-state index in [0.717, 1.165) is 34.7 Å². The second-order valence-corrected chi connectivity index (χ2v) is 9.62. The van der Waals surface area contributed by atoms with E-state index in [1.807, 2.05) is 23.6 Å². The van der Waals surface area contributed by atoms with E-state index >= 15 is 0 Å². The molecule has 0 spiro atoms. The Kier molecular flexibility index (Phi) is 3.87. The maximum Gasteiger partial charge on any atom is 0.252 e. The van der Waals surface area contributed by atoms with E-state index in [0.29, 0.717) is 21.6 Å². The van der Waals surface area contributed by atoms with Gasteiger partial charge in [0.25, 0.3) is 10.0 Å². The van der Waals surface area contributed by atoms with Crippen molar-refractivity contribution >= 4 is 44.1 Å². The molecule has 0 aliphatic carbocycles. The molecule has 0 N–H and O–H groups in total. The smallest absolute Gasteiger partial charge is 0.252 e. The van der Waals surface area contributed by atoms with Crippen LogP contribution in [0.1, 0.15) is 18.3 Å². The molecule has 6 nitrogen and oxygen atoms in total. The molecule has 0 bridgehead atoms. The highest BCUT2D eigenvalue weighted by molar-refractivity contribution is 7.91. The lowest BCUT2D eigenvalue weighted by atomic mass is 10.2. The molecule has 0 saturated carbocycles. The van der Waals surface area contributed by atoms with E-state index in [1.165, 1.54) is 4.31 Å². The number of halogens is 1. The molecule has 1 saturated heterocycles. The zero-order valence-corrected chi connectivity index (χ0v) is 15.3. The first-order chi connectivity index (χ1) is 11.5. The summed E-state index contributed by atoms with van der Waals surface area (Å²) in [5.74, 6) is 0.854. The molecule has 3 aromatic heterocycles. The van der Waals surface area contributed by atoms with Gasteiger partial charge < -0.3 is 4.57 Å². The van der Waals surface area contributed by atoms with Gasteiger partial charge in [-0.05, 0) is 37.6 Å². The minimum atomic E-state index is -3.49. The maximum atomic E-state index is 12.7. The molecule has 1 aliphatic heterocycles. The number of rotatable bonds is 3. The van der Waals surface area contributed by atoms with Crippen LogP contribution < -0.4 is 0 Å².